The third-order valence-corrected chi connectivity index (χ3v) is 4.01. The summed E-state index contributed by atoms with van der Waals surface area (Å²) in [4.78, 5) is 4.31. The number of aliphatic hydroxyl groups excluding tert-OH is 1. The highest BCUT2D eigenvalue weighted by Gasteiger charge is 2.15. The van der Waals surface area contributed by atoms with Crippen molar-refractivity contribution in [3.05, 3.63) is 64.5 Å². The Morgan fingerprint density at radius 1 is 1.19 bits per heavy atom. The van der Waals surface area contributed by atoms with Gasteiger partial charge in [0.2, 0.25) is 5.89 Å². The van der Waals surface area contributed by atoms with Crippen molar-refractivity contribution in [2.24, 2.45) is 0 Å². The molecule has 0 unspecified atom stereocenters. The zero-order chi connectivity index (χ0) is 18.5. The van der Waals surface area contributed by atoms with Gasteiger partial charge in [-0.3, -0.25) is 0 Å². The molecule has 0 aliphatic heterocycles. The fourth-order valence-corrected chi connectivity index (χ4v) is 2.51. The lowest BCUT2D eigenvalue weighted by atomic mass is 10.2. The lowest BCUT2D eigenvalue weighted by Gasteiger charge is -2.06. The van der Waals surface area contributed by atoms with Gasteiger partial charge in [-0.25, -0.2) is 4.98 Å². The molecular formula is C19H15ClN2O4. The molecule has 6 nitrogen and oxygen atoms in total. The molecule has 1 aromatic heterocycles. The zero-order valence-electron chi connectivity index (χ0n) is 13.9. The minimum absolute atomic E-state index is 0.0707. The molecule has 3 rings (SSSR count). The number of oxazole rings is 1. The molecule has 132 valence electrons. The fraction of sp³-hybridized carbons (Fsp3) is 0.158. The van der Waals surface area contributed by atoms with Gasteiger partial charge in [-0.05, 0) is 36.4 Å². The van der Waals surface area contributed by atoms with Gasteiger partial charge in [-0.2, -0.15) is 5.26 Å². The van der Waals surface area contributed by atoms with E-state index in [-0.39, 0.29) is 13.2 Å². The summed E-state index contributed by atoms with van der Waals surface area (Å²) in [5.41, 5.74) is 1.53. The Kier molecular flexibility index (Phi) is 5.42. The number of rotatable bonds is 6. The Morgan fingerprint density at radius 2 is 1.92 bits per heavy atom. The molecule has 0 bridgehead atoms. The number of benzene rings is 2. The summed E-state index contributed by atoms with van der Waals surface area (Å²) in [5, 5.41) is 18.7. The maximum Gasteiger partial charge on any atom is 0.226 e. The normalized spacial score (nSPS) is 10.4. The van der Waals surface area contributed by atoms with Gasteiger partial charge in [-0.1, -0.05) is 11.6 Å². The molecule has 3 aromatic rings. The Balaban J connectivity index is 1.78. The van der Waals surface area contributed by atoms with Crippen LogP contribution < -0.4 is 9.47 Å². The molecule has 26 heavy (non-hydrogen) atoms. The van der Waals surface area contributed by atoms with Crippen LogP contribution in [0.2, 0.25) is 5.02 Å². The Hall–Kier alpha value is -3.01. The van der Waals surface area contributed by atoms with Crippen LogP contribution in [0.3, 0.4) is 0 Å². The average molecular weight is 371 g/mol. The number of nitrogens with zero attached hydrogens (tertiary/aromatic N) is 2. The topological polar surface area (TPSA) is 88.5 Å². The van der Waals surface area contributed by atoms with Gasteiger partial charge in [0.05, 0.1) is 24.3 Å². The highest BCUT2D eigenvalue weighted by atomic mass is 35.5. The van der Waals surface area contributed by atoms with Crippen molar-refractivity contribution in [2.75, 3.05) is 7.11 Å². The molecule has 1 heterocycles. The van der Waals surface area contributed by atoms with Crippen LogP contribution in [0.4, 0.5) is 0 Å². The van der Waals surface area contributed by atoms with Crippen LogP contribution in [-0.4, -0.2) is 17.2 Å². The van der Waals surface area contributed by atoms with Crippen LogP contribution in [0.1, 0.15) is 17.0 Å². The maximum absolute atomic E-state index is 9.52. The largest absolute Gasteiger partial charge is 0.497 e. The van der Waals surface area contributed by atoms with Gasteiger partial charge < -0.3 is 19.0 Å². The monoisotopic (exact) mass is 370 g/mol. The van der Waals surface area contributed by atoms with Gasteiger partial charge in [-0.15, -0.1) is 0 Å². The van der Waals surface area contributed by atoms with Crippen LogP contribution in [0.25, 0.3) is 11.5 Å². The number of hydrogen-bond donors (Lipinski definition) is 1. The van der Waals surface area contributed by atoms with Crippen LogP contribution in [0.5, 0.6) is 11.5 Å². The molecule has 0 aliphatic rings. The van der Waals surface area contributed by atoms with E-state index in [0.29, 0.717) is 33.7 Å². The minimum atomic E-state index is -0.271. The molecule has 0 fully saturated rings. The number of aromatic nitrogens is 1. The van der Waals surface area contributed by atoms with E-state index >= 15 is 0 Å². The second-order valence-corrected chi connectivity index (χ2v) is 5.72. The Bertz CT molecular complexity index is 945. The van der Waals surface area contributed by atoms with E-state index in [1.165, 1.54) is 0 Å². The Morgan fingerprint density at radius 3 is 2.54 bits per heavy atom. The molecular weight excluding hydrogens is 356 g/mol. The second-order valence-electron chi connectivity index (χ2n) is 5.32. The summed E-state index contributed by atoms with van der Waals surface area (Å²) in [7, 11) is 1.59. The van der Waals surface area contributed by atoms with E-state index in [2.05, 4.69) is 4.98 Å². The molecule has 0 saturated heterocycles. The van der Waals surface area contributed by atoms with Gasteiger partial charge >= 0.3 is 0 Å². The maximum atomic E-state index is 9.52. The van der Waals surface area contributed by atoms with Crippen molar-refractivity contribution in [1.29, 1.82) is 5.26 Å². The van der Waals surface area contributed by atoms with E-state index in [4.69, 9.17) is 30.8 Å². The van der Waals surface area contributed by atoms with E-state index in [9.17, 15) is 5.11 Å². The first-order valence-corrected chi connectivity index (χ1v) is 8.08. The van der Waals surface area contributed by atoms with Crippen molar-refractivity contribution in [3.63, 3.8) is 0 Å². The first kappa shape index (κ1) is 17.8. The summed E-state index contributed by atoms with van der Waals surface area (Å²) >= 11 is 5.99. The summed E-state index contributed by atoms with van der Waals surface area (Å²) < 4.78 is 16.5. The van der Waals surface area contributed by atoms with Crippen LogP contribution >= 0.6 is 11.6 Å². The fourth-order valence-electron chi connectivity index (χ4n) is 2.30. The lowest BCUT2D eigenvalue weighted by Crippen LogP contribution is -1.98. The molecule has 0 atom stereocenters. The summed E-state index contributed by atoms with van der Waals surface area (Å²) in [6, 6.07) is 14.0. The van der Waals surface area contributed by atoms with Gasteiger partial charge in [0, 0.05) is 11.6 Å². The number of hydrogen-bond acceptors (Lipinski definition) is 6. The third kappa shape index (κ3) is 3.80. The minimum Gasteiger partial charge on any atom is -0.497 e. The molecule has 0 aliphatic carbocycles. The number of nitriles is 1. The molecule has 7 heteroatoms. The van der Waals surface area contributed by atoms with Crippen molar-refractivity contribution in [2.45, 2.75) is 13.2 Å². The predicted octanol–water partition coefficient (Wildman–Crippen LogP) is 3.95. The number of methoxy groups -OCH3 is 1. The van der Waals surface area contributed by atoms with Crippen molar-refractivity contribution in [3.8, 4) is 29.0 Å². The third-order valence-electron chi connectivity index (χ3n) is 3.70. The van der Waals surface area contributed by atoms with E-state index in [0.717, 1.165) is 11.3 Å². The van der Waals surface area contributed by atoms with Gasteiger partial charge in [0.1, 0.15) is 29.9 Å². The highest BCUT2D eigenvalue weighted by molar-refractivity contribution is 6.31. The molecule has 0 spiro atoms. The quantitative estimate of drug-likeness (QED) is 0.706. The number of aliphatic hydroxyl groups is 1. The first-order valence-electron chi connectivity index (χ1n) is 7.71. The zero-order valence-corrected chi connectivity index (χ0v) is 14.7. The van der Waals surface area contributed by atoms with Crippen molar-refractivity contribution < 1.29 is 19.0 Å². The van der Waals surface area contributed by atoms with Crippen molar-refractivity contribution in [1.82, 2.24) is 4.98 Å². The van der Waals surface area contributed by atoms with E-state index in [1.807, 2.05) is 18.2 Å². The van der Waals surface area contributed by atoms with Crippen molar-refractivity contribution >= 4 is 11.6 Å². The predicted molar refractivity (Wildman–Crippen MR) is 94.9 cm³/mol. The molecule has 0 saturated carbocycles. The lowest BCUT2D eigenvalue weighted by molar-refractivity contribution is 0.248. The molecule has 0 amide bonds. The van der Waals surface area contributed by atoms with Crippen LogP contribution in [0, 0.1) is 11.3 Å². The highest BCUT2D eigenvalue weighted by Crippen LogP contribution is 2.26. The smallest absolute Gasteiger partial charge is 0.226 e. The van der Waals surface area contributed by atoms with E-state index in [1.54, 1.807) is 37.4 Å². The SMILES string of the molecule is COc1ccc(-c2nc(CO)c(COc3ccc(C#N)c(Cl)c3)o2)cc1. The second kappa shape index (κ2) is 7.91. The van der Waals surface area contributed by atoms with E-state index < -0.39 is 0 Å². The molecule has 0 radical (unpaired) electrons. The molecule has 1 N–H and O–H groups in total. The summed E-state index contributed by atoms with van der Waals surface area (Å²) in [6.45, 7) is -0.201. The standard InChI is InChI=1S/C19H15ClN2O4/c1-24-14-5-2-12(3-6-14)19-22-17(10-23)18(26-19)11-25-15-7-4-13(9-21)16(20)8-15/h2-8,23H,10-11H2,1H3. The van der Waals surface area contributed by atoms with Gasteiger partial charge in [0.25, 0.3) is 0 Å². The summed E-state index contributed by atoms with van der Waals surface area (Å²) in [5.74, 6) is 2.01. The molecule has 2 aromatic carbocycles. The Labute approximate surface area is 155 Å². The van der Waals surface area contributed by atoms with Crippen LogP contribution in [-0.2, 0) is 13.2 Å². The first-order chi connectivity index (χ1) is 12.6. The summed E-state index contributed by atoms with van der Waals surface area (Å²) in [6.07, 6.45) is 0. The van der Waals surface area contributed by atoms with Crippen LogP contribution in [0.15, 0.2) is 46.9 Å². The number of halogens is 1. The van der Waals surface area contributed by atoms with Gasteiger partial charge in [0.15, 0.2) is 5.76 Å². The number of ether oxygens (including phenoxy) is 2. The average Bonchev–Trinajstić information content (AvgIpc) is 3.10.